The average Bonchev–Trinajstić information content (AvgIpc) is 3.27. The van der Waals surface area contributed by atoms with Crippen molar-refractivity contribution in [3.8, 4) is 0 Å². The molecular formula is C23H28N2O5. The summed E-state index contributed by atoms with van der Waals surface area (Å²) in [7, 11) is 0. The molecule has 2 aromatic rings. The first-order valence-corrected chi connectivity index (χ1v) is 10.5. The Bertz CT molecular complexity index is 811. The van der Waals surface area contributed by atoms with Crippen LogP contribution in [0, 0.1) is 0 Å². The average molecular weight is 412 g/mol. The number of furan rings is 1. The highest BCUT2D eigenvalue weighted by Crippen LogP contribution is 2.11. The molecule has 1 N–H and O–H groups in total. The Kier molecular flexibility index (Phi) is 8.06. The molecule has 2 amide bonds. The zero-order valence-electron chi connectivity index (χ0n) is 17.0. The van der Waals surface area contributed by atoms with Gasteiger partial charge in [0.1, 0.15) is 6.04 Å². The van der Waals surface area contributed by atoms with E-state index < -0.39 is 17.9 Å². The number of hydrogen-bond acceptors (Lipinski definition) is 5. The highest BCUT2D eigenvalue weighted by molar-refractivity contribution is 5.94. The number of amides is 2. The Morgan fingerprint density at radius 3 is 2.33 bits per heavy atom. The van der Waals surface area contributed by atoms with E-state index in [1.165, 1.54) is 18.8 Å². The summed E-state index contributed by atoms with van der Waals surface area (Å²) in [6.07, 6.45) is 7.01. The minimum Gasteiger partial charge on any atom is -0.459 e. The van der Waals surface area contributed by atoms with Crippen LogP contribution in [0.15, 0.2) is 53.1 Å². The van der Waals surface area contributed by atoms with Crippen molar-refractivity contribution in [3.05, 3.63) is 60.1 Å². The van der Waals surface area contributed by atoms with Gasteiger partial charge in [-0.3, -0.25) is 9.59 Å². The van der Waals surface area contributed by atoms with E-state index >= 15 is 0 Å². The molecule has 0 aliphatic carbocycles. The quantitative estimate of drug-likeness (QED) is 0.707. The van der Waals surface area contributed by atoms with Crippen LogP contribution >= 0.6 is 0 Å². The molecule has 1 aliphatic rings. The lowest BCUT2D eigenvalue weighted by Crippen LogP contribution is -2.45. The number of ether oxygens (including phenoxy) is 1. The predicted octanol–water partition coefficient (Wildman–Crippen LogP) is 2.96. The molecule has 0 radical (unpaired) electrons. The number of nitrogens with zero attached hydrogens (tertiary/aromatic N) is 1. The monoisotopic (exact) mass is 412 g/mol. The molecule has 3 rings (SSSR count). The van der Waals surface area contributed by atoms with Gasteiger partial charge in [-0.05, 0) is 30.5 Å². The Labute approximate surface area is 176 Å². The topological polar surface area (TPSA) is 88.8 Å². The summed E-state index contributed by atoms with van der Waals surface area (Å²) in [5.41, 5.74) is 0.870. The number of carbonyl (C=O) groups is 3. The molecule has 1 aliphatic heterocycles. The number of benzene rings is 1. The van der Waals surface area contributed by atoms with Gasteiger partial charge in [0.2, 0.25) is 0 Å². The summed E-state index contributed by atoms with van der Waals surface area (Å²) in [4.78, 5) is 39.4. The molecule has 1 fully saturated rings. The molecule has 0 saturated carbocycles. The van der Waals surface area contributed by atoms with Gasteiger partial charge in [0.25, 0.3) is 11.8 Å². The van der Waals surface area contributed by atoms with E-state index in [2.05, 4.69) is 5.32 Å². The van der Waals surface area contributed by atoms with E-state index in [1.54, 1.807) is 11.0 Å². The third kappa shape index (κ3) is 6.47. The third-order valence-corrected chi connectivity index (χ3v) is 5.16. The fourth-order valence-corrected chi connectivity index (χ4v) is 3.50. The Morgan fingerprint density at radius 1 is 0.967 bits per heavy atom. The summed E-state index contributed by atoms with van der Waals surface area (Å²) in [6, 6.07) is 11.5. The Morgan fingerprint density at radius 2 is 1.67 bits per heavy atom. The van der Waals surface area contributed by atoms with Crippen molar-refractivity contribution in [3.63, 3.8) is 0 Å². The predicted molar refractivity (Wildman–Crippen MR) is 111 cm³/mol. The first kappa shape index (κ1) is 21.6. The van der Waals surface area contributed by atoms with Gasteiger partial charge in [0.05, 0.1) is 6.26 Å². The second-order valence-corrected chi connectivity index (χ2v) is 7.45. The maximum absolute atomic E-state index is 12.7. The van der Waals surface area contributed by atoms with Crippen LogP contribution in [0.1, 0.15) is 48.2 Å². The smallest absolute Gasteiger partial charge is 0.329 e. The molecule has 1 saturated heterocycles. The van der Waals surface area contributed by atoms with Crippen molar-refractivity contribution in [2.24, 2.45) is 0 Å². The first-order valence-electron chi connectivity index (χ1n) is 10.5. The molecule has 1 aromatic heterocycles. The van der Waals surface area contributed by atoms with Crippen LogP contribution in [-0.2, 0) is 20.7 Å². The standard InChI is InChI=1S/C23H28N2O5/c26-21(25-13-7-2-1-3-8-14-25)17-30-23(28)19(16-18-10-5-4-6-11-18)24-22(27)20-12-9-15-29-20/h4-6,9-12,15,19H,1-3,7-8,13-14,16-17H2,(H,24,27)/t19-/m0/s1. The maximum atomic E-state index is 12.7. The van der Waals surface area contributed by atoms with Crippen LogP contribution in [-0.4, -0.2) is 48.4 Å². The van der Waals surface area contributed by atoms with Crippen LogP contribution in [0.4, 0.5) is 0 Å². The molecule has 0 unspecified atom stereocenters. The van der Waals surface area contributed by atoms with Gasteiger partial charge in [0.15, 0.2) is 12.4 Å². The van der Waals surface area contributed by atoms with Gasteiger partial charge >= 0.3 is 5.97 Å². The molecule has 7 heteroatoms. The molecule has 0 bridgehead atoms. The number of likely N-dealkylation sites (tertiary alicyclic amines) is 1. The van der Waals surface area contributed by atoms with Crippen molar-refractivity contribution < 1.29 is 23.5 Å². The van der Waals surface area contributed by atoms with Crippen LogP contribution in [0.5, 0.6) is 0 Å². The molecule has 1 aromatic carbocycles. The molecule has 160 valence electrons. The Balaban J connectivity index is 1.60. The molecule has 7 nitrogen and oxygen atoms in total. The van der Waals surface area contributed by atoms with Crippen LogP contribution in [0.2, 0.25) is 0 Å². The van der Waals surface area contributed by atoms with E-state index in [-0.39, 0.29) is 24.7 Å². The van der Waals surface area contributed by atoms with Crippen molar-refractivity contribution in [1.82, 2.24) is 10.2 Å². The summed E-state index contributed by atoms with van der Waals surface area (Å²) < 4.78 is 10.4. The number of carbonyl (C=O) groups excluding carboxylic acids is 3. The van der Waals surface area contributed by atoms with Crippen molar-refractivity contribution >= 4 is 17.8 Å². The van der Waals surface area contributed by atoms with E-state index in [4.69, 9.17) is 9.15 Å². The summed E-state index contributed by atoms with van der Waals surface area (Å²) in [5, 5.41) is 2.66. The molecule has 0 spiro atoms. The Hall–Kier alpha value is -3.09. The van der Waals surface area contributed by atoms with E-state index in [0.717, 1.165) is 31.2 Å². The van der Waals surface area contributed by atoms with Gasteiger partial charge in [-0.15, -0.1) is 0 Å². The van der Waals surface area contributed by atoms with Crippen molar-refractivity contribution in [1.29, 1.82) is 0 Å². The SMILES string of the molecule is O=C(N[C@@H](Cc1ccccc1)C(=O)OCC(=O)N1CCCCCCC1)c1ccco1. The highest BCUT2D eigenvalue weighted by atomic mass is 16.5. The number of hydrogen-bond donors (Lipinski definition) is 1. The lowest BCUT2D eigenvalue weighted by atomic mass is 10.1. The second kappa shape index (κ2) is 11.2. The second-order valence-electron chi connectivity index (χ2n) is 7.45. The minimum absolute atomic E-state index is 0.109. The highest BCUT2D eigenvalue weighted by Gasteiger charge is 2.26. The van der Waals surface area contributed by atoms with Crippen LogP contribution < -0.4 is 5.32 Å². The van der Waals surface area contributed by atoms with E-state index in [1.807, 2.05) is 30.3 Å². The number of esters is 1. The van der Waals surface area contributed by atoms with Gasteiger partial charge in [-0.2, -0.15) is 0 Å². The van der Waals surface area contributed by atoms with Gasteiger partial charge in [-0.25, -0.2) is 4.79 Å². The van der Waals surface area contributed by atoms with E-state index in [9.17, 15) is 14.4 Å². The molecule has 1 atom stereocenters. The normalized spacial score (nSPS) is 15.5. The maximum Gasteiger partial charge on any atom is 0.329 e. The molecular weight excluding hydrogens is 384 g/mol. The summed E-state index contributed by atoms with van der Waals surface area (Å²) in [6.45, 7) is 1.07. The zero-order chi connectivity index (χ0) is 21.2. The lowest BCUT2D eigenvalue weighted by molar-refractivity contribution is -0.153. The fraction of sp³-hybridized carbons (Fsp3) is 0.435. The van der Waals surface area contributed by atoms with E-state index in [0.29, 0.717) is 13.1 Å². The zero-order valence-corrected chi connectivity index (χ0v) is 17.0. The van der Waals surface area contributed by atoms with Crippen molar-refractivity contribution in [2.45, 2.75) is 44.6 Å². The van der Waals surface area contributed by atoms with Gasteiger partial charge in [-0.1, -0.05) is 49.6 Å². The van der Waals surface area contributed by atoms with Gasteiger partial charge in [0, 0.05) is 19.5 Å². The molecule has 2 heterocycles. The lowest BCUT2D eigenvalue weighted by Gasteiger charge is -2.25. The first-order chi connectivity index (χ1) is 14.6. The minimum atomic E-state index is -0.926. The number of nitrogens with one attached hydrogen (secondary N) is 1. The largest absolute Gasteiger partial charge is 0.459 e. The van der Waals surface area contributed by atoms with Crippen LogP contribution in [0.3, 0.4) is 0 Å². The van der Waals surface area contributed by atoms with Gasteiger partial charge < -0.3 is 19.4 Å². The summed E-state index contributed by atoms with van der Waals surface area (Å²) in [5.74, 6) is -1.23. The number of rotatable bonds is 7. The molecule has 30 heavy (non-hydrogen) atoms. The van der Waals surface area contributed by atoms with Crippen molar-refractivity contribution in [2.75, 3.05) is 19.7 Å². The van der Waals surface area contributed by atoms with Crippen LogP contribution in [0.25, 0.3) is 0 Å². The summed E-state index contributed by atoms with van der Waals surface area (Å²) >= 11 is 0. The fourth-order valence-electron chi connectivity index (χ4n) is 3.50. The third-order valence-electron chi connectivity index (χ3n) is 5.16.